The molecule has 2 heterocycles. The van der Waals surface area contributed by atoms with Crippen molar-refractivity contribution in [3.8, 4) is 5.88 Å². The number of halogens is 2. The number of benzene rings is 1. The number of aryl methyl sites for hydroxylation is 1. The number of rotatable bonds is 2. The van der Waals surface area contributed by atoms with E-state index in [1.165, 1.54) is 18.2 Å². The molecule has 0 atom stereocenters. The molecule has 5 nitrogen and oxygen atoms in total. The summed E-state index contributed by atoms with van der Waals surface area (Å²) in [6, 6.07) is 5.56. The van der Waals surface area contributed by atoms with Crippen LogP contribution >= 0.6 is 11.6 Å². The Morgan fingerprint density at radius 1 is 1.45 bits per heavy atom. The fourth-order valence-corrected chi connectivity index (χ4v) is 2.13. The highest BCUT2D eigenvalue weighted by Crippen LogP contribution is 2.21. The van der Waals surface area contributed by atoms with Gasteiger partial charge in [0.15, 0.2) is 5.69 Å². The van der Waals surface area contributed by atoms with E-state index in [1.54, 1.807) is 10.7 Å². The van der Waals surface area contributed by atoms with E-state index in [0.29, 0.717) is 18.2 Å². The van der Waals surface area contributed by atoms with Crippen molar-refractivity contribution < 1.29 is 13.9 Å². The van der Waals surface area contributed by atoms with Gasteiger partial charge in [0.1, 0.15) is 5.82 Å². The fraction of sp³-hybridized carbons (Fsp3) is 0.231. The monoisotopic (exact) mass is 295 g/mol. The van der Waals surface area contributed by atoms with Crippen LogP contribution in [-0.4, -0.2) is 22.3 Å². The number of hydrogen-bond acceptors (Lipinski definition) is 3. The second kappa shape index (κ2) is 5.13. The Hall–Kier alpha value is -2.08. The van der Waals surface area contributed by atoms with Gasteiger partial charge in [0.2, 0.25) is 5.88 Å². The number of nitrogens with zero attached hydrogens (tertiary/aromatic N) is 2. The Morgan fingerprint density at radius 2 is 2.30 bits per heavy atom. The lowest BCUT2D eigenvalue weighted by atomic mass is 10.3. The summed E-state index contributed by atoms with van der Waals surface area (Å²) >= 11 is 5.66. The molecule has 104 valence electrons. The van der Waals surface area contributed by atoms with Crippen LogP contribution < -0.4 is 10.1 Å². The second-order valence-electron chi connectivity index (χ2n) is 4.38. The lowest BCUT2D eigenvalue weighted by Gasteiger charge is -2.13. The van der Waals surface area contributed by atoms with E-state index in [2.05, 4.69) is 10.4 Å². The zero-order chi connectivity index (χ0) is 14.1. The quantitative estimate of drug-likeness (QED) is 0.927. The molecule has 20 heavy (non-hydrogen) atoms. The number of carbonyl (C=O) groups is 1. The van der Waals surface area contributed by atoms with E-state index in [-0.39, 0.29) is 10.7 Å². The first-order valence-corrected chi connectivity index (χ1v) is 6.48. The average Bonchev–Trinajstić information content (AvgIpc) is 2.87. The minimum Gasteiger partial charge on any atom is -0.478 e. The van der Waals surface area contributed by atoms with Gasteiger partial charge < -0.3 is 10.1 Å². The van der Waals surface area contributed by atoms with Gasteiger partial charge in [-0.25, -0.2) is 9.07 Å². The van der Waals surface area contributed by atoms with E-state index < -0.39 is 11.7 Å². The second-order valence-corrected chi connectivity index (χ2v) is 4.78. The number of hydrogen-bond donors (Lipinski definition) is 1. The van der Waals surface area contributed by atoms with E-state index >= 15 is 0 Å². The van der Waals surface area contributed by atoms with Crippen LogP contribution in [0.4, 0.5) is 10.1 Å². The first kappa shape index (κ1) is 12.9. The molecule has 3 rings (SSSR count). The van der Waals surface area contributed by atoms with Gasteiger partial charge >= 0.3 is 0 Å². The highest BCUT2D eigenvalue weighted by Gasteiger charge is 2.18. The van der Waals surface area contributed by atoms with Gasteiger partial charge in [-0.2, -0.15) is 5.10 Å². The number of anilines is 1. The molecular weight excluding hydrogens is 285 g/mol. The number of amides is 1. The topological polar surface area (TPSA) is 56.2 Å². The minimum atomic E-state index is -0.532. The summed E-state index contributed by atoms with van der Waals surface area (Å²) in [7, 11) is 0. The Kier molecular flexibility index (Phi) is 3.31. The van der Waals surface area contributed by atoms with Gasteiger partial charge in [0, 0.05) is 24.7 Å². The van der Waals surface area contributed by atoms with E-state index in [1.807, 2.05) is 0 Å². The summed E-state index contributed by atoms with van der Waals surface area (Å²) in [4.78, 5) is 12.0. The largest absolute Gasteiger partial charge is 0.478 e. The van der Waals surface area contributed by atoms with Crippen LogP contribution in [0.25, 0.3) is 0 Å². The van der Waals surface area contributed by atoms with Crippen molar-refractivity contribution >= 4 is 23.2 Å². The average molecular weight is 296 g/mol. The molecule has 0 bridgehead atoms. The third kappa shape index (κ3) is 2.46. The molecule has 0 radical (unpaired) electrons. The first-order chi connectivity index (χ1) is 9.63. The van der Waals surface area contributed by atoms with E-state index in [9.17, 15) is 9.18 Å². The third-order valence-electron chi connectivity index (χ3n) is 2.92. The smallest absolute Gasteiger partial charge is 0.276 e. The highest BCUT2D eigenvalue weighted by atomic mass is 35.5. The van der Waals surface area contributed by atoms with Gasteiger partial charge in [0.25, 0.3) is 5.91 Å². The van der Waals surface area contributed by atoms with Crippen molar-refractivity contribution in [1.29, 1.82) is 0 Å². The summed E-state index contributed by atoms with van der Waals surface area (Å²) < 4.78 is 20.1. The van der Waals surface area contributed by atoms with Gasteiger partial charge in [-0.15, -0.1) is 0 Å². The number of fused-ring (bicyclic) bond motifs is 1. The maximum absolute atomic E-state index is 13.0. The lowest BCUT2D eigenvalue weighted by molar-refractivity contribution is 0.102. The van der Waals surface area contributed by atoms with Crippen molar-refractivity contribution in [2.24, 2.45) is 0 Å². The Morgan fingerprint density at radius 3 is 3.05 bits per heavy atom. The van der Waals surface area contributed by atoms with Gasteiger partial charge in [-0.3, -0.25) is 4.79 Å². The zero-order valence-corrected chi connectivity index (χ0v) is 11.2. The molecule has 1 N–H and O–H groups in total. The third-order valence-corrected chi connectivity index (χ3v) is 3.21. The molecule has 0 saturated carbocycles. The predicted octanol–water partition coefficient (Wildman–Crippen LogP) is 2.71. The van der Waals surface area contributed by atoms with Gasteiger partial charge in [-0.05, 0) is 18.2 Å². The summed E-state index contributed by atoms with van der Waals surface area (Å²) in [5.41, 5.74) is 0.663. The molecule has 1 aliphatic rings. The van der Waals surface area contributed by atoms with Crippen LogP contribution in [0, 0.1) is 5.82 Å². The van der Waals surface area contributed by atoms with Crippen LogP contribution in [0.15, 0.2) is 24.3 Å². The number of nitrogens with one attached hydrogen (secondary N) is 1. The maximum atomic E-state index is 13.0. The Bertz CT molecular complexity index is 648. The molecule has 0 unspecified atom stereocenters. The molecular formula is C13H11ClFN3O2. The van der Waals surface area contributed by atoms with Crippen LogP contribution in [0.3, 0.4) is 0 Å². The first-order valence-electron chi connectivity index (χ1n) is 6.10. The number of carbonyl (C=O) groups excluding carboxylic acids is 1. The molecule has 0 fully saturated rings. The molecule has 2 aromatic rings. The molecule has 0 saturated heterocycles. The number of ether oxygens (including phenoxy) is 1. The zero-order valence-electron chi connectivity index (χ0n) is 10.4. The van der Waals surface area contributed by atoms with E-state index in [4.69, 9.17) is 16.3 Å². The Labute approximate surface area is 119 Å². The summed E-state index contributed by atoms with van der Waals surface area (Å²) in [6.07, 6.45) is 0.864. The fourth-order valence-electron chi connectivity index (χ4n) is 1.95. The maximum Gasteiger partial charge on any atom is 0.276 e. The molecule has 0 aliphatic carbocycles. The van der Waals surface area contributed by atoms with E-state index in [0.717, 1.165) is 13.0 Å². The lowest BCUT2D eigenvalue weighted by Crippen LogP contribution is -2.16. The van der Waals surface area contributed by atoms with Gasteiger partial charge in [0.05, 0.1) is 11.6 Å². The van der Waals surface area contributed by atoms with Crippen molar-refractivity contribution in [3.63, 3.8) is 0 Å². The normalized spacial score (nSPS) is 13.5. The molecule has 7 heteroatoms. The standard InChI is InChI=1S/C13H11ClFN3O2/c14-9-6-8(2-3-10(9)15)16-13(19)11-7-12-18(17-11)4-1-5-20-12/h2-3,6-7H,1,4-5H2,(H,16,19). The predicted molar refractivity (Wildman–Crippen MR) is 71.7 cm³/mol. The van der Waals surface area contributed by atoms with Crippen molar-refractivity contribution in [1.82, 2.24) is 9.78 Å². The van der Waals surface area contributed by atoms with Crippen molar-refractivity contribution in [2.45, 2.75) is 13.0 Å². The molecule has 1 aromatic heterocycles. The highest BCUT2D eigenvalue weighted by molar-refractivity contribution is 6.31. The molecule has 1 amide bonds. The molecule has 1 aliphatic heterocycles. The Balaban J connectivity index is 1.78. The SMILES string of the molecule is O=C(Nc1ccc(F)c(Cl)c1)c1cc2n(n1)CCCO2. The summed E-state index contributed by atoms with van der Waals surface area (Å²) in [6.45, 7) is 1.35. The van der Waals surface area contributed by atoms with Crippen LogP contribution in [0.5, 0.6) is 5.88 Å². The minimum absolute atomic E-state index is 0.0460. The van der Waals surface area contributed by atoms with Crippen molar-refractivity contribution in [3.05, 3.63) is 40.8 Å². The molecule has 0 spiro atoms. The molecule has 1 aromatic carbocycles. The van der Waals surface area contributed by atoms with Crippen LogP contribution in [0.2, 0.25) is 5.02 Å². The van der Waals surface area contributed by atoms with Crippen LogP contribution in [-0.2, 0) is 6.54 Å². The van der Waals surface area contributed by atoms with Gasteiger partial charge in [-0.1, -0.05) is 11.6 Å². The summed E-state index contributed by atoms with van der Waals surface area (Å²) in [5, 5.41) is 6.73. The van der Waals surface area contributed by atoms with Crippen LogP contribution in [0.1, 0.15) is 16.9 Å². The van der Waals surface area contributed by atoms with Crippen molar-refractivity contribution in [2.75, 3.05) is 11.9 Å². The summed E-state index contributed by atoms with van der Waals surface area (Å²) in [5.74, 6) is -0.341. The number of aromatic nitrogens is 2.